The molecule has 0 aliphatic heterocycles. The minimum absolute atomic E-state index is 0. The Morgan fingerprint density at radius 2 is 1.97 bits per heavy atom. The number of hydrogen-bond acceptors (Lipinski definition) is 6. The van der Waals surface area contributed by atoms with Crippen molar-refractivity contribution in [3.05, 3.63) is 47.9 Å². The summed E-state index contributed by atoms with van der Waals surface area (Å²) in [6.45, 7) is 2.03. The average Bonchev–Trinajstić information content (AvgIpc) is 3.16. The Morgan fingerprint density at radius 1 is 1.16 bits per heavy atom. The molecule has 3 aromatic rings. The van der Waals surface area contributed by atoms with Crippen molar-refractivity contribution in [2.24, 2.45) is 12.0 Å². The van der Waals surface area contributed by atoms with Gasteiger partial charge in [-0.3, -0.25) is 14.5 Å². The minimum atomic E-state index is -0.0815. The number of guanidine groups is 1. The number of fused-ring (bicyclic) bond motifs is 1. The second-order valence-corrected chi connectivity index (χ2v) is 6.61. The molecule has 3 rings (SSSR count). The van der Waals surface area contributed by atoms with Crippen LogP contribution in [0.5, 0.6) is 0 Å². The highest BCUT2D eigenvalue weighted by molar-refractivity contribution is 14.0. The second-order valence-electron chi connectivity index (χ2n) is 6.61. The van der Waals surface area contributed by atoms with Crippen molar-refractivity contribution in [1.82, 2.24) is 35.7 Å². The second kappa shape index (κ2) is 12.0. The van der Waals surface area contributed by atoms with E-state index in [2.05, 4.69) is 41.3 Å². The number of halogens is 1. The van der Waals surface area contributed by atoms with Crippen LogP contribution in [0.25, 0.3) is 11.0 Å². The molecule has 0 aliphatic carbocycles. The summed E-state index contributed by atoms with van der Waals surface area (Å²) in [5.41, 5.74) is 2.54. The molecule has 1 aromatic carbocycles. The monoisotopic (exact) mass is 537 g/mol. The number of benzene rings is 1. The van der Waals surface area contributed by atoms with Crippen LogP contribution >= 0.6 is 24.0 Å². The lowest BCUT2D eigenvalue weighted by Crippen LogP contribution is -2.40. The van der Waals surface area contributed by atoms with Gasteiger partial charge in [0, 0.05) is 46.3 Å². The van der Waals surface area contributed by atoms with Gasteiger partial charge in [0.05, 0.1) is 11.6 Å². The van der Waals surface area contributed by atoms with Crippen LogP contribution in [0.3, 0.4) is 0 Å². The number of hydrogen-bond donors (Lipinski definition) is 4. The molecule has 0 saturated carbocycles. The average molecular weight is 537 g/mol. The van der Waals surface area contributed by atoms with Gasteiger partial charge in [-0.25, -0.2) is 9.97 Å². The molecule has 0 unspecified atom stereocenters. The zero-order chi connectivity index (χ0) is 21.3. The van der Waals surface area contributed by atoms with E-state index in [4.69, 9.17) is 0 Å². The van der Waals surface area contributed by atoms with Crippen LogP contribution in [-0.2, 0) is 13.5 Å². The lowest BCUT2D eigenvalue weighted by molar-refractivity contribution is 0.0963. The number of nitrogens with one attached hydrogen (secondary N) is 4. The molecule has 0 bridgehead atoms. The van der Waals surface area contributed by atoms with E-state index in [9.17, 15) is 4.79 Å². The quantitative estimate of drug-likeness (QED) is 0.147. The fourth-order valence-corrected chi connectivity index (χ4v) is 3.02. The van der Waals surface area contributed by atoms with Crippen LogP contribution in [0, 0.1) is 0 Å². The molecule has 0 radical (unpaired) electrons. The Balaban J connectivity index is 0.00000341. The highest BCUT2D eigenvalue weighted by Crippen LogP contribution is 2.17. The van der Waals surface area contributed by atoms with Crippen molar-refractivity contribution in [1.29, 1.82) is 0 Å². The molecule has 0 aliphatic rings. The number of anilines is 1. The summed E-state index contributed by atoms with van der Waals surface area (Å²) < 4.78 is 1.72. The normalized spacial score (nSPS) is 11.0. The Morgan fingerprint density at radius 3 is 2.74 bits per heavy atom. The Kier molecular flexibility index (Phi) is 9.43. The van der Waals surface area contributed by atoms with E-state index in [-0.39, 0.29) is 29.9 Å². The summed E-state index contributed by atoms with van der Waals surface area (Å²) in [6, 6.07) is 7.61. The van der Waals surface area contributed by atoms with Crippen molar-refractivity contribution < 1.29 is 4.79 Å². The van der Waals surface area contributed by atoms with Gasteiger partial charge in [-0.15, -0.1) is 24.0 Å². The number of rotatable bonds is 8. The molecule has 2 aromatic heterocycles. The summed E-state index contributed by atoms with van der Waals surface area (Å²) in [4.78, 5) is 24.5. The first-order valence-corrected chi connectivity index (χ1v) is 9.74. The van der Waals surface area contributed by atoms with Gasteiger partial charge in [0.2, 0.25) is 0 Å². The lowest BCUT2D eigenvalue weighted by Gasteiger charge is -2.13. The molecule has 31 heavy (non-hydrogen) atoms. The van der Waals surface area contributed by atoms with Crippen LogP contribution in [0.4, 0.5) is 5.82 Å². The van der Waals surface area contributed by atoms with E-state index in [0.717, 1.165) is 28.8 Å². The summed E-state index contributed by atoms with van der Waals surface area (Å²) in [5.74, 6) is 1.39. The molecule has 2 heterocycles. The fraction of sp³-hybridized carbons (Fsp3) is 0.350. The van der Waals surface area contributed by atoms with Crippen molar-refractivity contribution >= 4 is 52.7 Å². The molecule has 4 N–H and O–H groups in total. The van der Waals surface area contributed by atoms with Crippen molar-refractivity contribution in [3.8, 4) is 0 Å². The molecule has 0 atom stereocenters. The van der Waals surface area contributed by atoms with Gasteiger partial charge in [-0.2, -0.15) is 5.10 Å². The molecule has 1 amide bonds. The maximum Gasteiger partial charge on any atom is 0.251 e. The maximum absolute atomic E-state index is 11.7. The molecular weight excluding hydrogens is 509 g/mol. The van der Waals surface area contributed by atoms with Crippen molar-refractivity contribution in [2.45, 2.75) is 6.42 Å². The summed E-state index contributed by atoms with van der Waals surface area (Å²) in [6.07, 6.45) is 4.06. The SMILES string of the molecule is CN=C(NCCNc1ncnc2c1cnn2C)NCCc1cccc(C(=O)NC)c1.I. The van der Waals surface area contributed by atoms with Gasteiger partial charge in [-0.1, -0.05) is 12.1 Å². The highest BCUT2D eigenvalue weighted by atomic mass is 127. The number of amides is 1. The maximum atomic E-state index is 11.7. The van der Waals surface area contributed by atoms with E-state index in [0.29, 0.717) is 31.2 Å². The summed E-state index contributed by atoms with van der Waals surface area (Å²) in [7, 11) is 5.22. The predicted octanol–water partition coefficient (Wildman–Crippen LogP) is 1.16. The third-order valence-corrected chi connectivity index (χ3v) is 4.59. The highest BCUT2D eigenvalue weighted by Gasteiger charge is 2.07. The Labute approximate surface area is 198 Å². The van der Waals surface area contributed by atoms with Crippen LogP contribution < -0.4 is 21.3 Å². The molecular formula is C20H28IN9O. The van der Waals surface area contributed by atoms with E-state index < -0.39 is 0 Å². The topological polar surface area (TPSA) is 121 Å². The fourth-order valence-electron chi connectivity index (χ4n) is 3.02. The van der Waals surface area contributed by atoms with Gasteiger partial charge < -0.3 is 21.3 Å². The zero-order valence-corrected chi connectivity index (χ0v) is 20.2. The zero-order valence-electron chi connectivity index (χ0n) is 17.8. The van der Waals surface area contributed by atoms with E-state index in [1.807, 2.05) is 25.2 Å². The standard InChI is InChI=1S/C20H27N9O.HI/c1-21-19(30)15-6-4-5-14(11-15)7-8-24-20(22-2)25-10-9-23-17-16-12-28-29(3)18(16)27-13-26-17;/h4-6,11-13H,7-10H2,1-3H3,(H,21,30)(H2,22,24,25)(H,23,26,27);1H. The molecule has 0 saturated heterocycles. The molecule has 11 heteroatoms. The molecule has 10 nitrogen and oxygen atoms in total. The van der Waals surface area contributed by atoms with Crippen molar-refractivity contribution in [2.75, 3.05) is 39.0 Å². The number of carbonyl (C=O) groups is 1. The minimum Gasteiger partial charge on any atom is -0.368 e. The number of carbonyl (C=O) groups excluding carboxylic acids is 1. The van der Waals surface area contributed by atoms with Gasteiger partial charge in [0.25, 0.3) is 5.91 Å². The largest absolute Gasteiger partial charge is 0.368 e. The van der Waals surface area contributed by atoms with Gasteiger partial charge in [-0.05, 0) is 24.1 Å². The van der Waals surface area contributed by atoms with Gasteiger partial charge in [0.1, 0.15) is 12.1 Å². The lowest BCUT2D eigenvalue weighted by atomic mass is 10.1. The summed E-state index contributed by atoms with van der Waals surface area (Å²) >= 11 is 0. The van der Waals surface area contributed by atoms with E-state index >= 15 is 0 Å². The first kappa shape index (κ1) is 24.3. The predicted molar refractivity (Wildman–Crippen MR) is 133 cm³/mol. The third kappa shape index (κ3) is 6.51. The number of aryl methyl sites for hydroxylation is 1. The van der Waals surface area contributed by atoms with Gasteiger partial charge >= 0.3 is 0 Å². The first-order chi connectivity index (χ1) is 14.6. The van der Waals surface area contributed by atoms with E-state index in [1.165, 1.54) is 6.33 Å². The van der Waals surface area contributed by atoms with E-state index in [1.54, 1.807) is 31.0 Å². The Hall–Kier alpha value is -2.96. The van der Waals surface area contributed by atoms with Gasteiger partial charge in [0.15, 0.2) is 11.6 Å². The number of aliphatic imine (C=N–C) groups is 1. The number of aromatic nitrogens is 4. The van der Waals surface area contributed by atoms with Crippen molar-refractivity contribution in [3.63, 3.8) is 0 Å². The summed E-state index contributed by atoms with van der Waals surface area (Å²) in [5, 5.41) is 17.6. The molecule has 0 spiro atoms. The molecule has 0 fully saturated rings. The smallest absolute Gasteiger partial charge is 0.251 e. The number of nitrogens with zero attached hydrogens (tertiary/aromatic N) is 5. The molecule has 166 valence electrons. The van der Waals surface area contributed by atoms with Crippen LogP contribution in [-0.4, -0.2) is 65.3 Å². The van der Waals surface area contributed by atoms with Crippen LogP contribution in [0.15, 0.2) is 41.8 Å². The van der Waals surface area contributed by atoms with Crippen LogP contribution in [0.1, 0.15) is 15.9 Å². The van der Waals surface area contributed by atoms with Crippen LogP contribution in [0.2, 0.25) is 0 Å². The third-order valence-electron chi connectivity index (χ3n) is 4.59. The Bertz CT molecular complexity index is 1030. The first-order valence-electron chi connectivity index (χ1n) is 9.74.